The zero-order valence-electron chi connectivity index (χ0n) is 10.9. The molecule has 102 valence electrons. The lowest BCUT2D eigenvalue weighted by Crippen LogP contribution is -2.46. The molecule has 0 aromatic rings. The number of esters is 1. The third-order valence-corrected chi connectivity index (χ3v) is 5.34. The van der Waals surface area contributed by atoms with Gasteiger partial charge in [0.25, 0.3) is 0 Å². The molecule has 4 N–H and O–H groups in total. The molecule has 4 fully saturated rings. The van der Waals surface area contributed by atoms with Crippen molar-refractivity contribution in [3.05, 3.63) is 0 Å². The van der Waals surface area contributed by atoms with Crippen LogP contribution in [0.15, 0.2) is 0 Å². The van der Waals surface area contributed by atoms with E-state index >= 15 is 0 Å². The maximum absolute atomic E-state index is 11.8. The fourth-order valence-electron chi connectivity index (χ4n) is 4.83. The zero-order chi connectivity index (χ0) is 12.7. The fourth-order valence-corrected chi connectivity index (χ4v) is 4.83. The zero-order valence-corrected chi connectivity index (χ0v) is 10.9. The van der Waals surface area contributed by atoms with E-state index in [9.17, 15) is 4.79 Å². The average molecular weight is 252 g/mol. The number of ether oxygens (including phenoxy) is 1. The van der Waals surface area contributed by atoms with Crippen molar-refractivity contribution < 1.29 is 9.53 Å². The van der Waals surface area contributed by atoms with E-state index in [1.807, 2.05) is 0 Å². The first kappa shape index (κ1) is 12.4. The Morgan fingerprint density at radius 3 is 2.17 bits per heavy atom. The molecular weight excluding hydrogens is 228 g/mol. The van der Waals surface area contributed by atoms with E-state index in [0.717, 1.165) is 23.7 Å². The van der Waals surface area contributed by atoms with E-state index in [1.165, 1.54) is 32.1 Å². The summed E-state index contributed by atoms with van der Waals surface area (Å²) in [5, 5.41) is 0. The van der Waals surface area contributed by atoms with Crippen LogP contribution in [0.2, 0.25) is 0 Å². The molecule has 0 aromatic carbocycles. The second kappa shape index (κ2) is 4.82. The van der Waals surface area contributed by atoms with Crippen LogP contribution in [-0.4, -0.2) is 18.7 Å². The first-order chi connectivity index (χ1) is 8.65. The van der Waals surface area contributed by atoms with Gasteiger partial charge in [-0.25, -0.2) is 0 Å². The summed E-state index contributed by atoms with van der Waals surface area (Å²) in [6.45, 7) is 0.202. The molecule has 0 heterocycles. The summed E-state index contributed by atoms with van der Waals surface area (Å²) in [4.78, 5) is 11.8. The van der Waals surface area contributed by atoms with Crippen LogP contribution in [0.4, 0.5) is 0 Å². The van der Waals surface area contributed by atoms with Crippen molar-refractivity contribution in [3.8, 4) is 0 Å². The van der Waals surface area contributed by atoms with Crippen LogP contribution in [-0.2, 0) is 9.53 Å². The van der Waals surface area contributed by atoms with Gasteiger partial charge >= 0.3 is 5.97 Å². The molecule has 0 aromatic heterocycles. The van der Waals surface area contributed by atoms with Gasteiger partial charge in [-0.05, 0) is 61.7 Å². The summed E-state index contributed by atoms with van der Waals surface area (Å²) in [6.07, 6.45) is 6.74. The number of hydrogen-bond acceptors (Lipinski definition) is 4. The standard InChI is InChI=1S/C14H24N2O2/c15-7-13(16)18-14(17)6-12-10-2-8-1-9(4-10)5-11(12)3-8/h8-13H,1-7,15-16H2. The molecule has 1 unspecified atom stereocenters. The van der Waals surface area contributed by atoms with Gasteiger partial charge in [-0.2, -0.15) is 0 Å². The van der Waals surface area contributed by atoms with Crippen LogP contribution in [0.5, 0.6) is 0 Å². The summed E-state index contributed by atoms with van der Waals surface area (Å²) in [7, 11) is 0. The number of rotatable bonds is 4. The van der Waals surface area contributed by atoms with E-state index in [-0.39, 0.29) is 12.5 Å². The number of carbonyl (C=O) groups excluding carboxylic acids is 1. The Labute approximate surface area is 108 Å². The lowest BCUT2D eigenvalue weighted by atomic mass is 9.51. The van der Waals surface area contributed by atoms with Crippen molar-refractivity contribution >= 4 is 5.97 Å². The van der Waals surface area contributed by atoms with Gasteiger partial charge in [-0.1, -0.05) is 0 Å². The van der Waals surface area contributed by atoms with Gasteiger partial charge in [0, 0.05) is 13.0 Å². The van der Waals surface area contributed by atoms with Crippen molar-refractivity contribution in [1.29, 1.82) is 0 Å². The molecule has 0 amide bonds. The highest BCUT2D eigenvalue weighted by Gasteiger charge is 2.48. The Bertz CT molecular complexity index is 304. The predicted octanol–water partition coefficient (Wildman–Crippen LogP) is 1.24. The van der Waals surface area contributed by atoms with Gasteiger partial charge in [0.2, 0.25) is 0 Å². The molecule has 4 heteroatoms. The van der Waals surface area contributed by atoms with Crippen molar-refractivity contribution in [2.45, 2.75) is 44.8 Å². The Balaban J connectivity index is 1.58. The van der Waals surface area contributed by atoms with Gasteiger partial charge in [0.1, 0.15) is 0 Å². The minimum atomic E-state index is -0.630. The summed E-state index contributed by atoms with van der Waals surface area (Å²) in [5.41, 5.74) is 10.9. The predicted molar refractivity (Wildman–Crippen MR) is 68.3 cm³/mol. The number of nitrogens with two attached hydrogens (primary N) is 2. The molecule has 4 rings (SSSR count). The van der Waals surface area contributed by atoms with Crippen molar-refractivity contribution in [2.75, 3.05) is 6.54 Å². The molecule has 0 aliphatic heterocycles. The summed E-state index contributed by atoms with van der Waals surface area (Å²) >= 11 is 0. The average Bonchev–Trinajstić information content (AvgIpc) is 2.32. The molecule has 0 saturated heterocycles. The third kappa shape index (κ3) is 2.28. The number of hydrogen-bond donors (Lipinski definition) is 2. The van der Waals surface area contributed by atoms with E-state index < -0.39 is 6.23 Å². The van der Waals surface area contributed by atoms with Crippen LogP contribution in [0.1, 0.15) is 38.5 Å². The molecule has 1 atom stereocenters. The first-order valence-corrected chi connectivity index (χ1v) is 7.30. The van der Waals surface area contributed by atoms with Gasteiger partial charge < -0.3 is 10.5 Å². The molecule has 4 bridgehead atoms. The lowest BCUT2D eigenvalue weighted by molar-refractivity contribution is -0.153. The second-order valence-electron chi connectivity index (χ2n) is 6.56. The van der Waals surface area contributed by atoms with Crippen molar-refractivity contribution in [1.82, 2.24) is 0 Å². The van der Waals surface area contributed by atoms with Gasteiger partial charge in [0.15, 0.2) is 6.23 Å². The summed E-state index contributed by atoms with van der Waals surface area (Å²) in [5.74, 6) is 3.84. The smallest absolute Gasteiger partial charge is 0.307 e. The molecular formula is C14H24N2O2. The maximum atomic E-state index is 11.8. The molecule has 4 aliphatic carbocycles. The minimum Gasteiger partial charge on any atom is -0.445 e. The SMILES string of the molecule is NCC(N)OC(=O)CC1C2CC3CC(C2)CC1C3. The molecule has 0 spiro atoms. The monoisotopic (exact) mass is 252 g/mol. The van der Waals surface area contributed by atoms with Crippen molar-refractivity contribution in [2.24, 2.45) is 41.1 Å². The minimum absolute atomic E-state index is 0.148. The van der Waals surface area contributed by atoms with E-state index in [1.54, 1.807) is 0 Å². The van der Waals surface area contributed by atoms with Crippen LogP contribution in [0.25, 0.3) is 0 Å². The summed E-state index contributed by atoms with van der Waals surface area (Å²) in [6, 6.07) is 0. The van der Waals surface area contributed by atoms with Crippen LogP contribution in [0, 0.1) is 29.6 Å². The van der Waals surface area contributed by atoms with E-state index in [0.29, 0.717) is 12.3 Å². The molecule has 18 heavy (non-hydrogen) atoms. The molecule has 4 nitrogen and oxygen atoms in total. The molecule has 4 saturated carbocycles. The van der Waals surface area contributed by atoms with Crippen LogP contribution in [0.3, 0.4) is 0 Å². The Morgan fingerprint density at radius 1 is 1.11 bits per heavy atom. The van der Waals surface area contributed by atoms with Gasteiger partial charge in [0.05, 0.1) is 0 Å². The molecule has 4 aliphatic rings. The third-order valence-electron chi connectivity index (χ3n) is 5.34. The van der Waals surface area contributed by atoms with E-state index in [2.05, 4.69) is 0 Å². The Hall–Kier alpha value is -0.610. The highest BCUT2D eigenvalue weighted by atomic mass is 16.6. The lowest BCUT2D eigenvalue weighted by Gasteiger charge is -2.54. The van der Waals surface area contributed by atoms with Crippen LogP contribution < -0.4 is 11.5 Å². The quantitative estimate of drug-likeness (QED) is 0.583. The normalized spacial score (nSPS) is 42.9. The van der Waals surface area contributed by atoms with Gasteiger partial charge in [-0.15, -0.1) is 0 Å². The highest BCUT2D eigenvalue weighted by Crippen LogP contribution is 2.57. The maximum Gasteiger partial charge on any atom is 0.307 e. The van der Waals surface area contributed by atoms with E-state index in [4.69, 9.17) is 16.2 Å². The largest absolute Gasteiger partial charge is 0.445 e. The highest BCUT2D eigenvalue weighted by molar-refractivity contribution is 5.70. The Morgan fingerprint density at radius 2 is 1.67 bits per heavy atom. The number of carbonyl (C=O) groups is 1. The fraction of sp³-hybridized carbons (Fsp3) is 0.929. The summed E-state index contributed by atoms with van der Waals surface area (Å²) < 4.78 is 5.12. The molecule has 0 radical (unpaired) electrons. The van der Waals surface area contributed by atoms with Crippen molar-refractivity contribution in [3.63, 3.8) is 0 Å². The van der Waals surface area contributed by atoms with Gasteiger partial charge in [-0.3, -0.25) is 10.5 Å². The Kier molecular flexibility index (Phi) is 3.32. The van der Waals surface area contributed by atoms with Crippen LogP contribution >= 0.6 is 0 Å². The first-order valence-electron chi connectivity index (χ1n) is 7.30. The second-order valence-corrected chi connectivity index (χ2v) is 6.56. The topological polar surface area (TPSA) is 78.3 Å².